The lowest BCUT2D eigenvalue weighted by Crippen LogP contribution is -2.56. The normalized spacial score (nSPS) is 17.4. The minimum absolute atomic E-state index is 0.0979. The van der Waals surface area contributed by atoms with Crippen LogP contribution < -0.4 is 10.6 Å². The first-order valence-corrected chi connectivity index (χ1v) is 7.34. The predicted octanol–water partition coefficient (Wildman–Crippen LogP) is 0.136. The molecule has 6 nitrogen and oxygen atoms in total. The second-order valence-electron chi connectivity index (χ2n) is 4.76. The molecular weight excluding hydrogens is 280 g/mol. The van der Waals surface area contributed by atoms with Crippen molar-refractivity contribution in [1.29, 1.82) is 0 Å². The average Bonchev–Trinajstić information content (AvgIpc) is 3.00. The van der Waals surface area contributed by atoms with Crippen LogP contribution >= 0.6 is 11.3 Å². The molecule has 0 atom stereocenters. The third-order valence-corrected chi connectivity index (χ3v) is 4.18. The zero-order valence-corrected chi connectivity index (χ0v) is 11.9. The van der Waals surface area contributed by atoms with E-state index in [0.717, 1.165) is 0 Å². The lowest BCUT2D eigenvalue weighted by atomic mass is 9.91. The van der Waals surface area contributed by atoms with E-state index in [9.17, 15) is 14.7 Å². The van der Waals surface area contributed by atoms with Gasteiger partial charge in [0, 0.05) is 13.2 Å². The van der Waals surface area contributed by atoms with Crippen LogP contribution in [-0.4, -0.2) is 48.8 Å². The molecule has 3 N–H and O–H groups in total. The van der Waals surface area contributed by atoms with Crippen LogP contribution in [0.4, 0.5) is 0 Å². The van der Waals surface area contributed by atoms with E-state index in [4.69, 9.17) is 4.74 Å². The van der Waals surface area contributed by atoms with Gasteiger partial charge < -0.3 is 20.5 Å². The van der Waals surface area contributed by atoms with Gasteiger partial charge in [0.2, 0.25) is 5.91 Å². The van der Waals surface area contributed by atoms with Gasteiger partial charge in [-0.1, -0.05) is 6.07 Å². The van der Waals surface area contributed by atoms with Gasteiger partial charge in [0.1, 0.15) is 0 Å². The van der Waals surface area contributed by atoms with E-state index in [1.807, 2.05) is 0 Å². The molecule has 1 saturated heterocycles. The smallest absolute Gasteiger partial charge is 0.261 e. The van der Waals surface area contributed by atoms with Gasteiger partial charge in [-0.3, -0.25) is 9.59 Å². The van der Waals surface area contributed by atoms with Crippen molar-refractivity contribution in [2.45, 2.75) is 18.4 Å². The van der Waals surface area contributed by atoms with Gasteiger partial charge in [0.05, 0.1) is 23.6 Å². The minimum atomic E-state index is -0.622. The fourth-order valence-electron chi connectivity index (χ4n) is 2.08. The molecule has 1 aromatic heterocycles. The first-order chi connectivity index (χ1) is 9.65. The zero-order chi connectivity index (χ0) is 14.4. The molecule has 0 saturated carbocycles. The van der Waals surface area contributed by atoms with Crippen molar-refractivity contribution >= 4 is 23.2 Å². The Morgan fingerprint density at radius 1 is 1.40 bits per heavy atom. The number of ether oxygens (including phenoxy) is 1. The predicted molar refractivity (Wildman–Crippen MR) is 74.7 cm³/mol. The number of amides is 2. The second kappa shape index (κ2) is 6.83. The number of aliphatic hydroxyl groups is 1. The molecule has 2 heterocycles. The summed E-state index contributed by atoms with van der Waals surface area (Å²) >= 11 is 1.32. The summed E-state index contributed by atoms with van der Waals surface area (Å²) in [6, 6.07) is 3.48. The van der Waals surface area contributed by atoms with Crippen LogP contribution in [0.3, 0.4) is 0 Å². The molecule has 0 bridgehead atoms. The average molecular weight is 298 g/mol. The lowest BCUT2D eigenvalue weighted by molar-refractivity contribution is -0.124. The van der Waals surface area contributed by atoms with Crippen LogP contribution in [0.25, 0.3) is 0 Å². The van der Waals surface area contributed by atoms with E-state index in [1.54, 1.807) is 17.5 Å². The summed E-state index contributed by atoms with van der Waals surface area (Å²) < 4.78 is 5.22. The Balaban J connectivity index is 1.81. The summed E-state index contributed by atoms with van der Waals surface area (Å²) in [5, 5.41) is 16.6. The van der Waals surface area contributed by atoms with Crippen molar-refractivity contribution in [3.8, 4) is 0 Å². The molecule has 2 amide bonds. The Hall–Kier alpha value is -1.44. The van der Waals surface area contributed by atoms with Crippen LogP contribution in [0.1, 0.15) is 22.5 Å². The fourth-order valence-corrected chi connectivity index (χ4v) is 2.72. The maximum Gasteiger partial charge on any atom is 0.261 e. The van der Waals surface area contributed by atoms with Crippen molar-refractivity contribution in [2.24, 2.45) is 0 Å². The van der Waals surface area contributed by atoms with Gasteiger partial charge >= 0.3 is 0 Å². The summed E-state index contributed by atoms with van der Waals surface area (Å²) in [7, 11) is 0. The topological polar surface area (TPSA) is 87.7 Å². The van der Waals surface area contributed by atoms with Gasteiger partial charge in [-0.05, 0) is 24.3 Å². The Kier molecular flexibility index (Phi) is 5.11. The van der Waals surface area contributed by atoms with Gasteiger partial charge in [0.15, 0.2) is 0 Å². The third-order valence-electron chi connectivity index (χ3n) is 3.31. The molecule has 2 rings (SSSR count). The molecule has 0 radical (unpaired) electrons. The molecule has 0 spiro atoms. The lowest BCUT2D eigenvalue weighted by Gasteiger charge is -2.36. The number of rotatable bonds is 5. The summed E-state index contributed by atoms with van der Waals surface area (Å²) in [6.07, 6.45) is 1.15. The largest absolute Gasteiger partial charge is 0.394 e. The van der Waals surface area contributed by atoms with Crippen molar-refractivity contribution in [1.82, 2.24) is 10.6 Å². The first-order valence-electron chi connectivity index (χ1n) is 6.46. The summed E-state index contributed by atoms with van der Waals surface area (Å²) in [4.78, 5) is 24.1. The number of thiophene rings is 1. The summed E-state index contributed by atoms with van der Waals surface area (Å²) in [6.45, 7) is 0.811. The highest BCUT2D eigenvalue weighted by atomic mass is 32.1. The molecule has 1 fully saturated rings. The Morgan fingerprint density at radius 2 is 2.15 bits per heavy atom. The molecule has 7 heteroatoms. The van der Waals surface area contributed by atoms with E-state index in [-0.39, 0.29) is 25.0 Å². The van der Waals surface area contributed by atoms with Crippen LogP contribution in [0, 0.1) is 0 Å². The van der Waals surface area contributed by atoms with Crippen LogP contribution in [-0.2, 0) is 9.53 Å². The van der Waals surface area contributed by atoms with E-state index >= 15 is 0 Å². The highest BCUT2D eigenvalue weighted by Gasteiger charge is 2.33. The first kappa shape index (κ1) is 15.0. The number of carbonyl (C=O) groups excluding carboxylic acids is 2. The third kappa shape index (κ3) is 3.78. The van der Waals surface area contributed by atoms with Gasteiger partial charge in [-0.15, -0.1) is 11.3 Å². The molecule has 1 aliphatic rings. The maximum atomic E-state index is 11.9. The number of aliphatic hydroxyl groups excluding tert-OH is 1. The summed E-state index contributed by atoms with van der Waals surface area (Å²) in [5.41, 5.74) is -0.622. The van der Waals surface area contributed by atoms with Gasteiger partial charge in [-0.2, -0.15) is 0 Å². The number of hydrogen-bond donors (Lipinski definition) is 3. The standard InChI is InChI=1S/C13H18N2O4S/c16-9-13(3-5-19-6-4-13)15-11(17)8-14-12(18)10-2-1-7-20-10/h1-2,7,16H,3-6,8-9H2,(H,14,18)(H,15,17). The Morgan fingerprint density at radius 3 is 2.75 bits per heavy atom. The molecule has 0 unspecified atom stereocenters. The van der Waals surface area contributed by atoms with Crippen molar-refractivity contribution in [2.75, 3.05) is 26.4 Å². The second-order valence-corrected chi connectivity index (χ2v) is 5.71. The minimum Gasteiger partial charge on any atom is -0.394 e. The molecule has 0 aromatic carbocycles. The van der Waals surface area contributed by atoms with E-state index < -0.39 is 5.54 Å². The van der Waals surface area contributed by atoms with E-state index in [0.29, 0.717) is 30.9 Å². The van der Waals surface area contributed by atoms with Crippen LogP contribution in [0.15, 0.2) is 17.5 Å². The maximum absolute atomic E-state index is 11.9. The van der Waals surface area contributed by atoms with E-state index in [2.05, 4.69) is 10.6 Å². The van der Waals surface area contributed by atoms with Crippen molar-refractivity contribution in [3.63, 3.8) is 0 Å². The molecule has 110 valence electrons. The number of carbonyl (C=O) groups is 2. The van der Waals surface area contributed by atoms with Gasteiger partial charge in [-0.25, -0.2) is 0 Å². The van der Waals surface area contributed by atoms with Gasteiger partial charge in [0.25, 0.3) is 5.91 Å². The Labute approximate surface area is 121 Å². The molecule has 20 heavy (non-hydrogen) atoms. The fraction of sp³-hybridized carbons (Fsp3) is 0.538. The molecule has 1 aliphatic heterocycles. The molecule has 0 aliphatic carbocycles. The number of hydrogen-bond acceptors (Lipinski definition) is 5. The van der Waals surface area contributed by atoms with Crippen LogP contribution in [0.2, 0.25) is 0 Å². The summed E-state index contributed by atoms with van der Waals surface area (Å²) in [5.74, 6) is -0.564. The highest BCUT2D eigenvalue weighted by Crippen LogP contribution is 2.19. The quantitative estimate of drug-likeness (QED) is 0.721. The van der Waals surface area contributed by atoms with E-state index in [1.165, 1.54) is 11.3 Å². The Bertz CT molecular complexity index is 455. The van der Waals surface area contributed by atoms with Crippen molar-refractivity contribution < 1.29 is 19.4 Å². The highest BCUT2D eigenvalue weighted by molar-refractivity contribution is 7.12. The molecule has 1 aromatic rings. The van der Waals surface area contributed by atoms with Crippen molar-refractivity contribution in [3.05, 3.63) is 22.4 Å². The number of nitrogens with one attached hydrogen (secondary N) is 2. The molecular formula is C13H18N2O4S. The SMILES string of the molecule is O=C(CNC(=O)c1cccs1)NC1(CO)CCOCC1. The monoisotopic (exact) mass is 298 g/mol. The van der Waals surface area contributed by atoms with Crippen LogP contribution in [0.5, 0.6) is 0 Å². The zero-order valence-electron chi connectivity index (χ0n) is 11.1.